The largest absolute Gasteiger partial charge is 0.457 e. The first-order chi connectivity index (χ1) is 27.3. The van der Waals surface area contributed by atoms with Crippen molar-refractivity contribution in [1.29, 1.82) is 0 Å². The van der Waals surface area contributed by atoms with E-state index in [1.807, 2.05) is 60.1 Å². The summed E-state index contributed by atoms with van der Waals surface area (Å²) in [4.78, 5) is 53.5. The molecule has 5 aromatic rings. The van der Waals surface area contributed by atoms with E-state index in [4.69, 9.17) is 29.7 Å². The average Bonchev–Trinajstić information content (AvgIpc) is 3.55. The van der Waals surface area contributed by atoms with Crippen LogP contribution in [0.2, 0.25) is 0 Å². The van der Waals surface area contributed by atoms with Crippen LogP contribution in [0, 0.1) is 0 Å². The lowest BCUT2D eigenvalue weighted by molar-refractivity contribution is -0.229. The minimum Gasteiger partial charge on any atom is -0.457 e. The molecule has 3 heterocycles. The van der Waals surface area contributed by atoms with Crippen molar-refractivity contribution >= 4 is 46.3 Å². The van der Waals surface area contributed by atoms with Gasteiger partial charge in [-0.15, -0.1) is 0 Å². The van der Waals surface area contributed by atoms with Crippen LogP contribution >= 0.6 is 0 Å². The number of nitrogens with zero attached hydrogens (tertiary/aromatic N) is 5. The molecule has 3 N–H and O–H groups in total. The molecule has 14 heteroatoms. The number of aliphatic imine (C=N–C) groups is 1. The molecular weight excluding hydrogens is 715 g/mol. The third-order valence-corrected chi connectivity index (χ3v) is 9.23. The second kappa shape index (κ2) is 19.5. The van der Waals surface area contributed by atoms with Crippen molar-refractivity contribution in [3.63, 3.8) is 0 Å². The van der Waals surface area contributed by atoms with E-state index in [-0.39, 0.29) is 37.9 Å². The van der Waals surface area contributed by atoms with Crippen molar-refractivity contribution in [3.05, 3.63) is 120 Å². The normalized spacial score (nSPS) is 15.6. The molecule has 0 saturated carbocycles. The summed E-state index contributed by atoms with van der Waals surface area (Å²) in [6.07, 6.45) is 3.78. The number of aryl methyl sites for hydroxylation is 1. The van der Waals surface area contributed by atoms with E-state index >= 15 is 0 Å². The zero-order valence-corrected chi connectivity index (χ0v) is 31.6. The highest BCUT2D eigenvalue weighted by Crippen LogP contribution is 2.25. The van der Waals surface area contributed by atoms with E-state index in [1.165, 1.54) is 4.90 Å². The van der Waals surface area contributed by atoms with Gasteiger partial charge in [-0.2, -0.15) is 4.99 Å². The molecule has 1 fully saturated rings. The molecule has 2 amide bonds. The predicted molar refractivity (Wildman–Crippen MR) is 212 cm³/mol. The van der Waals surface area contributed by atoms with Gasteiger partial charge in [-0.3, -0.25) is 14.5 Å². The fourth-order valence-electron chi connectivity index (χ4n) is 6.16. The quantitative estimate of drug-likeness (QED) is 0.0475. The molecule has 14 nitrogen and oxygen atoms in total. The fraction of sp³-hybridized carbons (Fsp3) is 0.333. The summed E-state index contributed by atoms with van der Waals surface area (Å²) in [5.74, 6) is 0.418. The maximum Gasteiger partial charge on any atom is 0.435 e. The number of carbonyl (C=O) groups is 3. The molecule has 2 aromatic heterocycles. The van der Waals surface area contributed by atoms with E-state index in [0.717, 1.165) is 48.3 Å². The van der Waals surface area contributed by atoms with Gasteiger partial charge in [0.1, 0.15) is 23.6 Å². The number of pyridine rings is 1. The van der Waals surface area contributed by atoms with E-state index in [2.05, 4.69) is 22.2 Å². The van der Waals surface area contributed by atoms with Crippen molar-refractivity contribution in [2.75, 3.05) is 36.6 Å². The minimum absolute atomic E-state index is 0.0463. The van der Waals surface area contributed by atoms with Crippen LogP contribution in [0.4, 0.5) is 16.3 Å². The van der Waals surface area contributed by atoms with Crippen molar-refractivity contribution in [2.24, 2.45) is 17.8 Å². The lowest BCUT2D eigenvalue weighted by atomic mass is 10.1. The summed E-state index contributed by atoms with van der Waals surface area (Å²) in [6, 6.07) is 27.4. The van der Waals surface area contributed by atoms with E-state index < -0.39 is 24.5 Å². The highest BCUT2D eigenvalue weighted by molar-refractivity contribution is 6.07. The molecule has 1 aliphatic heterocycles. The zero-order chi connectivity index (χ0) is 39.3. The molecule has 1 aliphatic rings. The Kier molecular flexibility index (Phi) is 13.8. The molecule has 56 heavy (non-hydrogen) atoms. The molecular formula is C42H47N7O7. The number of unbranched alkanes of at least 4 members (excludes halogenated alkanes) is 3. The van der Waals surface area contributed by atoms with Crippen LogP contribution in [-0.2, 0) is 37.3 Å². The first-order valence-electron chi connectivity index (χ1n) is 18.8. The maximum atomic E-state index is 14.0. The Bertz CT molecular complexity index is 2100. The Morgan fingerprint density at radius 2 is 1.70 bits per heavy atom. The monoisotopic (exact) mass is 761 g/mol. The number of esters is 1. The molecule has 0 atom stereocenters. The number of hydrogen-bond acceptors (Lipinski definition) is 10. The molecule has 0 spiro atoms. The highest BCUT2D eigenvalue weighted by Gasteiger charge is 2.27. The number of amides is 2. The number of imidazole rings is 1. The molecule has 0 aliphatic carbocycles. The first kappa shape index (κ1) is 39.6. The summed E-state index contributed by atoms with van der Waals surface area (Å²) in [6.45, 7) is 3.29. The molecule has 292 valence electrons. The van der Waals surface area contributed by atoms with Gasteiger partial charge < -0.3 is 34.6 Å². The van der Waals surface area contributed by atoms with Gasteiger partial charge in [0.05, 0.1) is 43.8 Å². The number of hydrogen-bond donors (Lipinski definition) is 2. The summed E-state index contributed by atoms with van der Waals surface area (Å²) >= 11 is 0. The molecule has 3 aromatic carbocycles. The van der Waals surface area contributed by atoms with Crippen LogP contribution in [0.1, 0.15) is 72.6 Å². The lowest BCUT2D eigenvalue weighted by Gasteiger charge is -2.29. The molecule has 0 unspecified atom stereocenters. The van der Waals surface area contributed by atoms with Crippen LogP contribution in [-0.4, -0.2) is 70.8 Å². The van der Waals surface area contributed by atoms with Gasteiger partial charge in [-0.05, 0) is 61.0 Å². The number of benzene rings is 3. The first-order valence-corrected chi connectivity index (χ1v) is 18.8. The number of anilines is 2. The second-order valence-electron chi connectivity index (χ2n) is 13.3. The van der Waals surface area contributed by atoms with E-state index in [9.17, 15) is 14.4 Å². The van der Waals surface area contributed by atoms with Gasteiger partial charge in [0.2, 0.25) is 0 Å². The van der Waals surface area contributed by atoms with E-state index in [1.54, 1.807) is 48.7 Å². The number of nitrogens with one attached hydrogen (secondary N) is 1. The van der Waals surface area contributed by atoms with Gasteiger partial charge in [-0.25, -0.2) is 14.8 Å². The highest BCUT2D eigenvalue weighted by atomic mass is 16.7. The Labute approximate surface area is 325 Å². The number of fused-ring (bicyclic) bond motifs is 1. The summed E-state index contributed by atoms with van der Waals surface area (Å²) in [5, 5.41) is 3.36. The van der Waals surface area contributed by atoms with Crippen LogP contribution in [0.5, 0.6) is 0 Å². The standard InChI is InChI=1S/C42H47N7O7/c1-3-4-5-11-24-53-42(52)47-39(43)29-15-18-32(19-16-29)45-26-37-46-34-25-31(17-20-35(34)48(37)2)40(51)49(36-14-9-10-22-44-36)23-21-38(50)56-33-27-54-41(55-28-33)30-12-7-6-8-13-30/h6-10,12-20,22,25,33,41,45H,3-5,11,21,23-24,26-28H2,1-2H3,(H2,43,47,52). The topological polar surface area (TPSA) is 172 Å². The van der Waals surface area contributed by atoms with Crippen LogP contribution < -0.4 is 16.0 Å². The summed E-state index contributed by atoms with van der Waals surface area (Å²) in [7, 11) is 1.91. The molecule has 1 saturated heterocycles. The fourth-order valence-corrected chi connectivity index (χ4v) is 6.16. The lowest BCUT2D eigenvalue weighted by Crippen LogP contribution is -2.37. The third kappa shape index (κ3) is 10.5. The number of carbonyl (C=O) groups excluding carboxylic acids is 3. The van der Waals surface area contributed by atoms with Crippen molar-refractivity contribution < 1.29 is 33.3 Å². The van der Waals surface area contributed by atoms with Gasteiger partial charge in [0, 0.05) is 42.2 Å². The van der Waals surface area contributed by atoms with Crippen molar-refractivity contribution in [3.8, 4) is 0 Å². The second-order valence-corrected chi connectivity index (χ2v) is 13.3. The van der Waals surface area contributed by atoms with Crippen LogP contribution in [0.3, 0.4) is 0 Å². The Hall–Kier alpha value is -6.12. The van der Waals surface area contributed by atoms with Gasteiger partial charge in [0.25, 0.3) is 5.91 Å². The van der Waals surface area contributed by atoms with Gasteiger partial charge in [-0.1, -0.05) is 62.6 Å². The summed E-state index contributed by atoms with van der Waals surface area (Å²) < 4.78 is 24.3. The van der Waals surface area contributed by atoms with E-state index in [0.29, 0.717) is 35.6 Å². The predicted octanol–water partition coefficient (Wildman–Crippen LogP) is 6.70. The third-order valence-electron chi connectivity index (χ3n) is 9.23. The molecule has 0 bridgehead atoms. The van der Waals surface area contributed by atoms with Gasteiger partial charge in [0.15, 0.2) is 6.29 Å². The number of rotatable bonds is 16. The zero-order valence-electron chi connectivity index (χ0n) is 31.6. The number of nitrogens with two attached hydrogens (primary N) is 1. The Balaban J connectivity index is 1.05. The van der Waals surface area contributed by atoms with Crippen LogP contribution in [0.15, 0.2) is 102 Å². The summed E-state index contributed by atoms with van der Waals surface area (Å²) in [5.41, 5.74) is 10.2. The molecule has 0 radical (unpaired) electrons. The SMILES string of the molecule is CCCCCCOC(=O)/N=C(\N)c1ccc(NCc2nc3cc(C(=O)N(CCC(=O)OC4COC(c5ccccc5)OC4)c4ccccn4)ccc3n2C)cc1. The average molecular weight is 762 g/mol. The number of ether oxygens (including phenoxy) is 4. The van der Waals surface area contributed by atoms with Gasteiger partial charge >= 0.3 is 12.1 Å². The van der Waals surface area contributed by atoms with Crippen molar-refractivity contribution in [1.82, 2.24) is 14.5 Å². The number of aromatic nitrogens is 3. The Morgan fingerprint density at radius 3 is 2.43 bits per heavy atom. The van der Waals surface area contributed by atoms with Crippen molar-refractivity contribution in [2.45, 2.75) is 58.0 Å². The Morgan fingerprint density at radius 1 is 0.946 bits per heavy atom. The molecule has 6 rings (SSSR count). The minimum atomic E-state index is -0.698. The number of amidine groups is 1. The smallest absolute Gasteiger partial charge is 0.435 e. The maximum absolute atomic E-state index is 14.0. The van der Waals surface area contributed by atoms with Crippen LogP contribution in [0.25, 0.3) is 11.0 Å².